The van der Waals surface area contributed by atoms with Gasteiger partial charge in [0.25, 0.3) is 0 Å². The van der Waals surface area contributed by atoms with Crippen LogP contribution in [-0.4, -0.2) is 12.9 Å². The summed E-state index contributed by atoms with van der Waals surface area (Å²) in [5, 5.41) is 0.942. The number of furan rings is 1. The second-order valence-corrected chi connectivity index (χ2v) is 5.17. The molecule has 0 aliphatic carbocycles. The lowest BCUT2D eigenvalue weighted by Gasteiger charge is -2.05. The summed E-state index contributed by atoms with van der Waals surface area (Å²) in [6.45, 7) is 3.95. The Balaban J connectivity index is 2.03. The maximum atomic E-state index is 12.5. The minimum absolute atomic E-state index is 0.137. The fraction of sp³-hybridized carbons (Fsp3) is 0.167. The van der Waals surface area contributed by atoms with Crippen molar-refractivity contribution in [3.63, 3.8) is 0 Å². The molecule has 3 heteroatoms. The summed E-state index contributed by atoms with van der Waals surface area (Å²) in [6.07, 6.45) is 0. The van der Waals surface area contributed by atoms with Crippen molar-refractivity contribution in [3.05, 3.63) is 64.9 Å². The molecule has 0 saturated heterocycles. The van der Waals surface area contributed by atoms with Crippen molar-refractivity contribution in [2.75, 3.05) is 7.11 Å². The minimum Gasteiger partial charge on any atom is -0.496 e. The molecule has 0 saturated carbocycles. The average Bonchev–Trinajstić information content (AvgIpc) is 2.90. The van der Waals surface area contributed by atoms with Gasteiger partial charge in [-0.25, -0.2) is 0 Å². The fourth-order valence-corrected chi connectivity index (χ4v) is 2.38. The van der Waals surface area contributed by atoms with E-state index in [1.807, 2.05) is 38.1 Å². The van der Waals surface area contributed by atoms with E-state index in [0.717, 1.165) is 22.1 Å². The first-order valence-corrected chi connectivity index (χ1v) is 6.78. The van der Waals surface area contributed by atoms with Crippen molar-refractivity contribution in [1.29, 1.82) is 0 Å². The molecule has 3 rings (SSSR count). The molecule has 0 aliphatic heterocycles. The summed E-state index contributed by atoms with van der Waals surface area (Å²) < 4.78 is 10.9. The van der Waals surface area contributed by atoms with Crippen LogP contribution in [0.15, 0.2) is 46.9 Å². The molecule has 0 fully saturated rings. The Morgan fingerprint density at radius 3 is 2.62 bits per heavy atom. The van der Waals surface area contributed by atoms with Crippen LogP contribution in [0.4, 0.5) is 0 Å². The normalized spacial score (nSPS) is 10.8. The number of rotatable bonds is 3. The third kappa shape index (κ3) is 2.42. The van der Waals surface area contributed by atoms with Gasteiger partial charge in [0.05, 0.1) is 7.11 Å². The summed E-state index contributed by atoms with van der Waals surface area (Å²) in [4.78, 5) is 12.5. The molecule has 0 unspecified atom stereocenters. The molecule has 0 N–H and O–H groups in total. The van der Waals surface area contributed by atoms with E-state index < -0.39 is 0 Å². The van der Waals surface area contributed by atoms with Crippen LogP contribution in [0.5, 0.6) is 5.75 Å². The van der Waals surface area contributed by atoms with Gasteiger partial charge in [0.2, 0.25) is 5.78 Å². The third-order valence-electron chi connectivity index (χ3n) is 3.57. The Morgan fingerprint density at radius 1 is 1.05 bits per heavy atom. The molecule has 1 aromatic heterocycles. The van der Waals surface area contributed by atoms with Crippen LogP contribution in [-0.2, 0) is 0 Å². The Morgan fingerprint density at radius 2 is 1.86 bits per heavy atom. The second-order valence-electron chi connectivity index (χ2n) is 5.17. The van der Waals surface area contributed by atoms with E-state index in [-0.39, 0.29) is 5.78 Å². The molecule has 0 amide bonds. The first-order valence-electron chi connectivity index (χ1n) is 6.78. The summed E-state index contributed by atoms with van der Waals surface area (Å²) in [5.74, 6) is 0.913. The van der Waals surface area contributed by atoms with Gasteiger partial charge in [-0.05, 0) is 43.7 Å². The van der Waals surface area contributed by atoms with Gasteiger partial charge in [-0.3, -0.25) is 4.79 Å². The summed E-state index contributed by atoms with van der Waals surface area (Å²) in [6, 6.07) is 13.1. The minimum atomic E-state index is -0.137. The van der Waals surface area contributed by atoms with Crippen LogP contribution in [0.25, 0.3) is 11.0 Å². The number of aryl methyl sites for hydroxylation is 2. The summed E-state index contributed by atoms with van der Waals surface area (Å²) in [7, 11) is 1.60. The lowest BCUT2D eigenvalue weighted by atomic mass is 10.1. The Hall–Kier alpha value is -2.55. The first kappa shape index (κ1) is 13.4. The van der Waals surface area contributed by atoms with Crippen LogP contribution < -0.4 is 4.74 Å². The highest BCUT2D eigenvalue weighted by Crippen LogP contribution is 2.25. The van der Waals surface area contributed by atoms with E-state index in [0.29, 0.717) is 17.1 Å². The molecule has 0 spiro atoms. The zero-order valence-electron chi connectivity index (χ0n) is 12.3. The number of ketones is 1. The molecule has 106 valence electrons. The topological polar surface area (TPSA) is 39.4 Å². The molecular formula is C18H16O3. The molecule has 0 aliphatic rings. The number of methoxy groups -OCH3 is 1. The van der Waals surface area contributed by atoms with E-state index >= 15 is 0 Å². The molecule has 1 heterocycles. The molecule has 2 aromatic carbocycles. The van der Waals surface area contributed by atoms with Gasteiger partial charge >= 0.3 is 0 Å². The van der Waals surface area contributed by atoms with Gasteiger partial charge in [-0.2, -0.15) is 0 Å². The number of carbonyl (C=O) groups excluding carboxylic acids is 1. The van der Waals surface area contributed by atoms with Gasteiger partial charge in [-0.15, -0.1) is 0 Å². The van der Waals surface area contributed by atoms with E-state index in [1.54, 1.807) is 25.3 Å². The number of carbonyl (C=O) groups is 1. The van der Waals surface area contributed by atoms with Crippen LogP contribution in [0.2, 0.25) is 0 Å². The van der Waals surface area contributed by atoms with Gasteiger partial charge in [-0.1, -0.05) is 23.8 Å². The molecule has 21 heavy (non-hydrogen) atoms. The Labute approximate surface area is 123 Å². The Bertz CT molecular complexity index is 828. The van der Waals surface area contributed by atoms with E-state index in [2.05, 4.69) is 0 Å². The lowest BCUT2D eigenvalue weighted by molar-refractivity contribution is 0.101. The smallest absolute Gasteiger partial charge is 0.228 e. The number of fused-ring (bicyclic) bond motifs is 1. The summed E-state index contributed by atoms with van der Waals surface area (Å²) >= 11 is 0. The van der Waals surface area contributed by atoms with Crippen molar-refractivity contribution in [3.8, 4) is 5.75 Å². The third-order valence-corrected chi connectivity index (χ3v) is 3.57. The van der Waals surface area contributed by atoms with Crippen LogP contribution in [0.3, 0.4) is 0 Å². The largest absolute Gasteiger partial charge is 0.496 e. The zero-order chi connectivity index (χ0) is 15.0. The molecule has 0 radical (unpaired) electrons. The van der Waals surface area contributed by atoms with Crippen LogP contribution in [0.1, 0.15) is 27.2 Å². The standard InChI is InChI=1S/C18H16O3/c1-11-4-7-15-14(8-11)10-17(21-15)18(19)13-6-5-12(2)16(9-13)20-3/h4-10H,1-3H3. The van der Waals surface area contributed by atoms with Crippen molar-refractivity contribution in [2.45, 2.75) is 13.8 Å². The number of hydrogen-bond acceptors (Lipinski definition) is 3. The van der Waals surface area contributed by atoms with Crippen molar-refractivity contribution >= 4 is 16.8 Å². The van der Waals surface area contributed by atoms with E-state index in [4.69, 9.17) is 9.15 Å². The second kappa shape index (κ2) is 5.09. The van der Waals surface area contributed by atoms with Gasteiger partial charge < -0.3 is 9.15 Å². The number of ether oxygens (including phenoxy) is 1. The predicted molar refractivity (Wildman–Crippen MR) is 82.1 cm³/mol. The zero-order valence-corrected chi connectivity index (χ0v) is 12.3. The lowest BCUT2D eigenvalue weighted by Crippen LogP contribution is -2.00. The van der Waals surface area contributed by atoms with Gasteiger partial charge in [0.15, 0.2) is 5.76 Å². The molecule has 0 atom stereocenters. The monoisotopic (exact) mass is 280 g/mol. The number of benzene rings is 2. The maximum absolute atomic E-state index is 12.5. The highest BCUT2D eigenvalue weighted by molar-refractivity contribution is 6.09. The Kier molecular flexibility index (Phi) is 3.26. The molecule has 3 aromatic rings. The number of hydrogen-bond donors (Lipinski definition) is 0. The highest BCUT2D eigenvalue weighted by Gasteiger charge is 2.16. The van der Waals surface area contributed by atoms with Crippen LogP contribution >= 0.6 is 0 Å². The SMILES string of the molecule is COc1cc(C(=O)c2cc3cc(C)ccc3o2)ccc1C. The average molecular weight is 280 g/mol. The van der Waals surface area contributed by atoms with Crippen molar-refractivity contribution < 1.29 is 13.9 Å². The van der Waals surface area contributed by atoms with Gasteiger partial charge in [0.1, 0.15) is 11.3 Å². The molecular weight excluding hydrogens is 264 g/mol. The van der Waals surface area contributed by atoms with E-state index in [1.165, 1.54) is 0 Å². The highest BCUT2D eigenvalue weighted by atomic mass is 16.5. The fourth-order valence-electron chi connectivity index (χ4n) is 2.38. The van der Waals surface area contributed by atoms with Crippen LogP contribution in [0, 0.1) is 13.8 Å². The van der Waals surface area contributed by atoms with Crippen molar-refractivity contribution in [2.24, 2.45) is 0 Å². The maximum Gasteiger partial charge on any atom is 0.228 e. The quantitative estimate of drug-likeness (QED) is 0.672. The molecule has 0 bridgehead atoms. The van der Waals surface area contributed by atoms with E-state index in [9.17, 15) is 4.79 Å². The molecule has 3 nitrogen and oxygen atoms in total. The van der Waals surface area contributed by atoms with Gasteiger partial charge in [0, 0.05) is 10.9 Å². The first-order chi connectivity index (χ1) is 10.1. The van der Waals surface area contributed by atoms with Crippen molar-refractivity contribution in [1.82, 2.24) is 0 Å². The summed E-state index contributed by atoms with van der Waals surface area (Å²) in [5.41, 5.74) is 3.42. The predicted octanol–water partition coefficient (Wildman–Crippen LogP) is 4.29.